The van der Waals surface area contributed by atoms with Gasteiger partial charge in [0.05, 0.1) is 0 Å². The quantitative estimate of drug-likeness (QED) is 0.853. The normalized spacial score (nSPS) is 14.5. The molecule has 24 heavy (non-hydrogen) atoms. The molecule has 0 atom stereocenters. The van der Waals surface area contributed by atoms with Crippen LogP contribution in [0.25, 0.3) is 0 Å². The van der Waals surface area contributed by atoms with E-state index in [1.807, 2.05) is 0 Å². The summed E-state index contributed by atoms with van der Waals surface area (Å²) < 4.78 is 41.2. The Kier molecular flexibility index (Phi) is 5.99. The average Bonchev–Trinajstić information content (AvgIpc) is 3.07. The molecule has 0 unspecified atom stereocenters. The van der Waals surface area contributed by atoms with Crippen molar-refractivity contribution >= 4 is 11.8 Å². The Bertz CT molecular complexity index is 587. The van der Waals surface area contributed by atoms with Gasteiger partial charge in [-0.2, -0.15) is 13.2 Å². The number of carbonyl (C=O) groups is 2. The molecule has 1 saturated heterocycles. The summed E-state index contributed by atoms with van der Waals surface area (Å²) >= 11 is 0. The lowest BCUT2D eigenvalue weighted by Crippen LogP contribution is -2.33. The maximum Gasteiger partial charge on any atom is 0.422 e. The van der Waals surface area contributed by atoms with Crippen molar-refractivity contribution in [1.82, 2.24) is 15.2 Å². The van der Waals surface area contributed by atoms with E-state index in [2.05, 4.69) is 15.0 Å². The number of amides is 2. The molecule has 1 aliphatic heterocycles. The lowest BCUT2D eigenvalue weighted by atomic mass is 10.2. The second kappa shape index (κ2) is 7.98. The third-order valence-corrected chi connectivity index (χ3v) is 3.47. The minimum atomic E-state index is -4.52. The van der Waals surface area contributed by atoms with E-state index in [0.29, 0.717) is 0 Å². The Balaban J connectivity index is 1.86. The molecule has 0 radical (unpaired) electrons. The molecule has 1 aromatic heterocycles. The van der Waals surface area contributed by atoms with Crippen molar-refractivity contribution in [2.75, 3.05) is 26.2 Å². The molecule has 2 rings (SSSR count). The first-order chi connectivity index (χ1) is 11.4. The SMILES string of the molecule is O=C(NCCC(=O)N1CCCC1)c1cccnc1OCC(F)(F)F. The van der Waals surface area contributed by atoms with Crippen LogP contribution in [-0.2, 0) is 4.79 Å². The zero-order valence-corrected chi connectivity index (χ0v) is 12.9. The number of halogens is 3. The van der Waals surface area contributed by atoms with Gasteiger partial charge in [-0.05, 0) is 25.0 Å². The number of hydrogen-bond acceptors (Lipinski definition) is 4. The second-order valence-corrected chi connectivity index (χ2v) is 5.35. The molecule has 6 nitrogen and oxygen atoms in total. The van der Waals surface area contributed by atoms with Crippen LogP contribution in [0, 0.1) is 0 Å². The smallest absolute Gasteiger partial charge is 0.422 e. The van der Waals surface area contributed by atoms with Crippen LogP contribution in [0.5, 0.6) is 5.88 Å². The number of nitrogens with zero attached hydrogens (tertiary/aromatic N) is 2. The van der Waals surface area contributed by atoms with E-state index < -0.39 is 24.6 Å². The van der Waals surface area contributed by atoms with Crippen molar-refractivity contribution in [3.8, 4) is 5.88 Å². The van der Waals surface area contributed by atoms with Gasteiger partial charge in [-0.1, -0.05) is 0 Å². The summed E-state index contributed by atoms with van der Waals surface area (Å²) in [6, 6.07) is 2.74. The zero-order chi connectivity index (χ0) is 17.6. The van der Waals surface area contributed by atoms with Crippen LogP contribution < -0.4 is 10.1 Å². The second-order valence-electron chi connectivity index (χ2n) is 5.35. The van der Waals surface area contributed by atoms with Crippen molar-refractivity contribution in [2.45, 2.75) is 25.4 Å². The summed E-state index contributed by atoms with van der Waals surface area (Å²) in [6.07, 6.45) is -1.18. The molecular weight excluding hydrogens is 327 g/mol. The number of rotatable bonds is 6. The Morgan fingerprint density at radius 2 is 2.00 bits per heavy atom. The fourth-order valence-electron chi connectivity index (χ4n) is 2.33. The monoisotopic (exact) mass is 345 g/mol. The van der Waals surface area contributed by atoms with Crippen LogP contribution in [0.1, 0.15) is 29.6 Å². The van der Waals surface area contributed by atoms with E-state index in [0.717, 1.165) is 25.9 Å². The number of hydrogen-bond donors (Lipinski definition) is 1. The third kappa shape index (κ3) is 5.39. The first-order valence-electron chi connectivity index (χ1n) is 7.57. The van der Waals surface area contributed by atoms with Crippen LogP contribution in [0.15, 0.2) is 18.3 Å². The largest absolute Gasteiger partial charge is 0.467 e. The average molecular weight is 345 g/mol. The number of nitrogens with one attached hydrogen (secondary N) is 1. The van der Waals surface area contributed by atoms with Crippen LogP contribution in [0.2, 0.25) is 0 Å². The number of alkyl halides is 3. The number of pyridine rings is 1. The van der Waals surface area contributed by atoms with Crippen molar-refractivity contribution in [3.63, 3.8) is 0 Å². The fraction of sp³-hybridized carbons (Fsp3) is 0.533. The maximum atomic E-state index is 12.2. The molecule has 2 amide bonds. The zero-order valence-electron chi connectivity index (χ0n) is 12.9. The van der Waals surface area contributed by atoms with Gasteiger partial charge >= 0.3 is 6.18 Å². The molecule has 0 bridgehead atoms. The van der Waals surface area contributed by atoms with Gasteiger partial charge in [0.2, 0.25) is 11.8 Å². The molecular formula is C15H18F3N3O3. The molecule has 0 aliphatic carbocycles. The predicted molar refractivity (Wildman–Crippen MR) is 78.6 cm³/mol. The van der Waals surface area contributed by atoms with Gasteiger partial charge in [0.15, 0.2) is 6.61 Å². The molecule has 132 valence electrons. The molecule has 1 fully saturated rings. The minimum Gasteiger partial charge on any atom is -0.467 e. The number of likely N-dealkylation sites (tertiary alicyclic amines) is 1. The van der Waals surface area contributed by atoms with Gasteiger partial charge in [-0.15, -0.1) is 0 Å². The van der Waals surface area contributed by atoms with Gasteiger partial charge in [0.25, 0.3) is 5.91 Å². The molecule has 9 heteroatoms. The summed E-state index contributed by atoms with van der Waals surface area (Å²) in [5, 5.41) is 2.50. The molecule has 1 aliphatic rings. The summed E-state index contributed by atoms with van der Waals surface area (Å²) in [6.45, 7) is 0.0230. The van der Waals surface area contributed by atoms with Crippen LogP contribution >= 0.6 is 0 Å². The molecule has 2 heterocycles. The molecule has 0 aromatic carbocycles. The Labute approximate surface area is 137 Å². The lowest BCUT2D eigenvalue weighted by molar-refractivity contribution is -0.154. The first kappa shape index (κ1) is 18.0. The van der Waals surface area contributed by atoms with Gasteiger partial charge in [0.1, 0.15) is 5.56 Å². The van der Waals surface area contributed by atoms with Gasteiger partial charge in [-0.25, -0.2) is 4.98 Å². The fourth-order valence-corrected chi connectivity index (χ4v) is 2.33. The Hall–Kier alpha value is -2.32. The first-order valence-corrected chi connectivity index (χ1v) is 7.57. The van der Waals surface area contributed by atoms with Crippen molar-refractivity contribution < 1.29 is 27.5 Å². The van der Waals surface area contributed by atoms with Crippen LogP contribution in [-0.4, -0.2) is 54.1 Å². The Morgan fingerprint density at radius 1 is 1.29 bits per heavy atom. The number of carbonyl (C=O) groups excluding carboxylic acids is 2. The van der Waals surface area contributed by atoms with E-state index in [9.17, 15) is 22.8 Å². The van der Waals surface area contributed by atoms with Crippen molar-refractivity contribution in [3.05, 3.63) is 23.9 Å². The minimum absolute atomic E-state index is 0.0486. The van der Waals surface area contributed by atoms with E-state index in [4.69, 9.17) is 0 Å². The summed E-state index contributed by atoms with van der Waals surface area (Å²) in [4.78, 5) is 29.3. The highest BCUT2D eigenvalue weighted by Crippen LogP contribution is 2.19. The maximum absolute atomic E-state index is 12.2. The summed E-state index contributed by atoms with van der Waals surface area (Å²) in [7, 11) is 0. The van der Waals surface area contributed by atoms with Gasteiger partial charge in [-0.3, -0.25) is 9.59 Å². The highest BCUT2D eigenvalue weighted by molar-refractivity contribution is 5.96. The molecule has 1 N–H and O–H groups in total. The van der Waals surface area contributed by atoms with Crippen LogP contribution in [0.4, 0.5) is 13.2 Å². The van der Waals surface area contributed by atoms with E-state index >= 15 is 0 Å². The molecule has 1 aromatic rings. The van der Waals surface area contributed by atoms with E-state index in [1.54, 1.807) is 4.90 Å². The van der Waals surface area contributed by atoms with Crippen LogP contribution in [0.3, 0.4) is 0 Å². The van der Waals surface area contributed by atoms with E-state index in [-0.39, 0.29) is 24.4 Å². The third-order valence-electron chi connectivity index (χ3n) is 3.47. The number of aromatic nitrogens is 1. The topological polar surface area (TPSA) is 71.5 Å². The van der Waals surface area contributed by atoms with Crippen molar-refractivity contribution in [1.29, 1.82) is 0 Å². The van der Waals surface area contributed by atoms with E-state index in [1.165, 1.54) is 18.3 Å². The highest BCUT2D eigenvalue weighted by Gasteiger charge is 2.29. The summed E-state index contributed by atoms with van der Waals surface area (Å²) in [5.41, 5.74) is -0.102. The lowest BCUT2D eigenvalue weighted by Gasteiger charge is -2.15. The standard InChI is InChI=1S/C15H18F3N3O3/c16-15(17,18)10-24-14-11(4-3-6-20-14)13(23)19-7-5-12(22)21-8-1-2-9-21/h3-4,6H,1-2,5,7-10H2,(H,19,23). The summed E-state index contributed by atoms with van der Waals surface area (Å²) in [5.74, 6) is -1.07. The molecule has 0 saturated carbocycles. The van der Waals surface area contributed by atoms with Crippen molar-refractivity contribution in [2.24, 2.45) is 0 Å². The molecule has 0 spiro atoms. The van der Waals surface area contributed by atoms with Gasteiger partial charge < -0.3 is 15.0 Å². The highest BCUT2D eigenvalue weighted by atomic mass is 19.4. The predicted octanol–water partition coefficient (Wildman–Crippen LogP) is 1.76. The van der Waals surface area contributed by atoms with Gasteiger partial charge in [0, 0.05) is 32.3 Å². The number of ether oxygens (including phenoxy) is 1. The Morgan fingerprint density at radius 3 is 2.67 bits per heavy atom.